The number of halogens is 2. The quantitative estimate of drug-likeness (QED) is 0.594. The lowest BCUT2D eigenvalue weighted by Gasteiger charge is -2.13. The van der Waals surface area contributed by atoms with E-state index in [4.69, 9.17) is 4.74 Å². The van der Waals surface area contributed by atoms with Crippen LogP contribution in [0.3, 0.4) is 0 Å². The van der Waals surface area contributed by atoms with Crippen LogP contribution < -0.4 is 20.1 Å². The van der Waals surface area contributed by atoms with Crippen molar-refractivity contribution in [2.75, 3.05) is 19.0 Å². The van der Waals surface area contributed by atoms with Gasteiger partial charge in [0.05, 0.1) is 18.4 Å². The van der Waals surface area contributed by atoms with Gasteiger partial charge in [-0.2, -0.15) is 8.78 Å². The highest BCUT2D eigenvalue weighted by Gasteiger charge is 2.15. The lowest BCUT2D eigenvalue weighted by atomic mass is 10.1. The number of ether oxygens (including phenoxy) is 2. The monoisotopic (exact) mass is 418 g/mol. The predicted molar refractivity (Wildman–Crippen MR) is 111 cm³/mol. The number of carbonyl (C=O) groups is 2. The van der Waals surface area contributed by atoms with Crippen molar-refractivity contribution in [3.8, 4) is 11.5 Å². The fourth-order valence-electron chi connectivity index (χ4n) is 2.56. The Balaban J connectivity index is 2.17. The molecule has 0 aliphatic rings. The zero-order valence-electron chi connectivity index (χ0n) is 16.9. The third-order valence-corrected chi connectivity index (χ3v) is 3.95. The molecule has 0 unspecified atom stereocenters. The van der Waals surface area contributed by atoms with Crippen LogP contribution >= 0.6 is 0 Å². The number of hydrogen-bond acceptors (Lipinski definition) is 4. The van der Waals surface area contributed by atoms with Crippen molar-refractivity contribution >= 4 is 23.6 Å². The van der Waals surface area contributed by atoms with E-state index >= 15 is 0 Å². The average molecular weight is 418 g/mol. The van der Waals surface area contributed by atoms with E-state index in [-0.39, 0.29) is 28.9 Å². The summed E-state index contributed by atoms with van der Waals surface area (Å²) in [6, 6.07) is 11.2. The van der Waals surface area contributed by atoms with Crippen molar-refractivity contribution in [1.82, 2.24) is 5.32 Å². The van der Waals surface area contributed by atoms with Gasteiger partial charge in [-0.1, -0.05) is 38.1 Å². The molecule has 6 nitrogen and oxygen atoms in total. The molecule has 0 saturated heterocycles. The molecule has 0 fully saturated rings. The van der Waals surface area contributed by atoms with Crippen LogP contribution in [0.25, 0.3) is 6.08 Å². The maximum absolute atomic E-state index is 12.7. The summed E-state index contributed by atoms with van der Waals surface area (Å²) in [4.78, 5) is 24.7. The molecule has 0 aromatic heterocycles. The minimum absolute atomic E-state index is 0.116. The van der Waals surface area contributed by atoms with E-state index in [1.54, 1.807) is 30.3 Å². The third kappa shape index (κ3) is 6.58. The summed E-state index contributed by atoms with van der Waals surface area (Å²) < 4.78 is 35.0. The third-order valence-electron chi connectivity index (χ3n) is 3.95. The minimum atomic E-state index is -3.04. The molecule has 0 aliphatic carbocycles. The number of anilines is 1. The summed E-state index contributed by atoms with van der Waals surface area (Å²) >= 11 is 0. The number of benzene rings is 2. The summed E-state index contributed by atoms with van der Waals surface area (Å²) in [5, 5.41) is 5.43. The lowest BCUT2D eigenvalue weighted by Crippen LogP contribution is -2.28. The Kier molecular flexibility index (Phi) is 8.34. The largest absolute Gasteiger partial charge is 0.493 e. The van der Waals surface area contributed by atoms with Crippen LogP contribution in [0.15, 0.2) is 48.5 Å². The Bertz CT molecular complexity index is 914. The van der Waals surface area contributed by atoms with Gasteiger partial charge < -0.3 is 20.1 Å². The van der Waals surface area contributed by atoms with Crippen LogP contribution in [0.1, 0.15) is 29.8 Å². The predicted octanol–water partition coefficient (Wildman–Crippen LogP) is 4.33. The number of nitrogens with one attached hydrogen (secondary N) is 2. The van der Waals surface area contributed by atoms with Crippen LogP contribution in [0.2, 0.25) is 0 Å². The van der Waals surface area contributed by atoms with Gasteiger partial charge in [0, 0.05) is 18.2 Å². The second-order valence-corrected chi connectivity index (χ2v) is 6.73. The molecule has 0 bridgehead atoms. The van der Waals surface area contributed by atoms with Gasteiger partial charge in [0.25, 0.3) is 5.91 Å². The number of para-hydroxylation sites is 2. The highest BCUT2D eigenvalue weighted by molar-refractivity contribution is 6.07. The molecule has 160 valence electrons. The van der Waals surface area contributed by atoms with Crippen LogP contribution in [0, 0.1) is 5.92 Å². The van der Waals surface area contributed by atoms with E-state index in [9.17, 15) is 18.4 Å². The number of carbonyl (C=O) groups excluding carboxylic acids is 2. The Hall–Kier alpha value is -3.42. The number of alkyl halides is 2. The molecule has 2 N–H and O–H groups in total. The maximum Gasteiger partial charge on any atom is 0.387 e. The average Bonchev–Trinajstić information content (AvgIpc) is 2.71. The molecule has 2 aromatic rings. The molecule has 2 amide bonds. The van der Waals surface area contributed by atoms with Crippen molar-refractivity contribution in [2.24, 2.45) is 5.92 Å². The molecule has 30 heavy (non-hydrogen) atoms. The van der Waals surface area contributed by atoms with E-state index in [0.717, 1.165) is 6.08 Å². The normalized spacial score (nSPS) is 11.0. The molecule has 0 spiro atoms. The van der Waals surface area contributed by atoms with Crippen molar-refractivity contribution in [1.29, 1.82) is 0 Å². The van der Waals surface area contributed by atoms with Gasteiger partial charge in [-0.05, 0) is 30.2 Å². The Labute approximate surface area is 173 Å². The smallest absolute Gasteiger partial charge is 0.387 e. The zero-order valence-corrected chi connectivity index (χ0v) is 16.9. The van der Waals surface area contributed by atoms with Gasteiger partial charge in [-0.3, -0.25) is 9.59 Å². The van der Waals surface area contributed by atoms with Gasteiger partial charge in [0.2, 0.25) is 5.91 Å². The molecule has 0 saturated carbocycles. The van der Waals surface area contributed by atoms with E-state index in [1.807, 2.05) is 13.8 Å². The molecule has 0 aliphatic heterocycles. The SMILES string of the molecule is COc1cccc(/C=C/C(=O)Nc2ccccc2C(=O)NCC(C)C)c1OC(F)F. The molecular weight excluding hydrogens is 394 g/mol. The van der Waals surface area contributed by atoms with Gasteiger partial charge in [-0.25, -0.2) is 0 Å². The zero-order chi connectivity index (χ0) is 22.1. The van der Waals surface area contributed by atoms with Crippen LogP contribution in [0.4, 0.5) is 14.5 Å². The van der Waals surface area contributed by atoms with E-state index in [1.165, 1.54) is 25.3 Å². The molecule has 2 aromatic carbocycles. The van der Waals surface area contributed by atoms with E-state index in [2.05, 4.69) is 15.4 Å². The fraction of sp³-hybridized carbons (Fsp3) is 0.273. The van der Waals surface area contributed by atoms with Gasteiger partial charge >= 0.3 is 6.61 Å². The number of rotatable bonds is 9. The number of methoxy groups -OCH3 is 1. The molecule has 0 atom stereocenters. The van der Waals surface area contributed by atoms with Crippen LogP contribution in [-0.4, -0.2) is 32.1 Å². The summed E-state index contributed by atoms with van der Waals surface area (Å²) in [6.45, 7) is 1.41. The minimum Gasteiger partial charge on any atom is -0.493 e. The van der Waals surface area contributed by atoms with E-state index in [0.29, 0.717) is 17.8 Å². The first kappa shape index (κ1) is 22.9. The Morgan fingerprint density at radius 1 is 1.10 bits per heavy atom. The van der Waals surface area contributed by atoms with Crippen LogP contribution in [-0.2, 0) is 4.79 Å². The molecule has 0 heterocycles. The molecule has 2 rings (SSSR count). The van der Waals surface area contributed by atoms with E-state index < -0.39 is 12.5 Å². The van der Waals surface area contributed by atoms with Crippen molar-refractivity contribution in [2.45, 2.75) is 20.5 Å². The molecular formula is C22H24F2N2O4. The summed E-state index contributed by atoms with van der Waals surface area (Å²) in [5.41, 5.74) is 0.902. The van der Waals surface area contributed by atoms with Crippen molar-refractivity contribution in [3.63, 3.8) is 0 Å². The number of hydrogen-bond donors (Lipinski definition) is 2. The summed E-state index contributed by atoms with van der Waals surface area (Å²) in [6.07, 6.45) is 2.49. The second kappa shape index (κ2) is 10.9. The molecule has 0 radical (unpaired) electrons. The van der Waals surface area contributed by atoms with Gasteiger partial charge in [0.1, 0.15) is 0 Å². The number of amides is 2. The van der Waals surface area contributed by atoms with Gasteiger partial charge in [-0.15, -0.1) is 0 Å². The standard InChI is InChI=1S/C22H24F2N2O4/c1-14(2)13-25-21(28)16-8-4-5-9-17(16)26-19(27)12-11-15-7-6-10-18(29-3)20(15)30-22(23)24/h4-12,14,22H,13H2,1-3H3,(H,25,28)(H,26,27)/b12-11+. The second-order valence-electron chi connectivity index (χ2n) is 6.73. The highest BCUT2D eigenvalue weighted by atomic mass is 19.3. The van der Waals surface area contributed by atoms with Crippen molar-refractivity contribution in [3.05, 3.63) is 59.7 Å². The van der Waals surface area contributed by atoms with Crippen molar-refractivity contribution < 1.29 is 27.8 Å². The topological polar surface area (TPSA) is 76.7 Å². The first-order chi connectivity index (χ1) is 14.3. The Morgan fingerprint density at radius 2 is 1.83 bits per heavy atom. The summed E-state index contributed by atoms with van der Waals surface area (Å²) in [5.74, 6) is -0.613. The van der Waals surface area contributed by atoms with Crippen LogP contribution in [0.5, 0.6) is 11.5 Å². The highest BCUT2D eigenvalue weighted by Crippen LogP contribution is 2.33. The first-order valence-electron chi connectivity index (χ1n) is 9.30. The van der Waals surface area contributed by atoms with Gasteiger partial charge in [0.15, 0.2) is 11.5 Å². The Morgan fingerprint density at radius 3 is 2.50 bits per heavy atom. The summed E-state index contributed by atoms with van der Waals surface area (Å²) in [7, 11) is 1.33. The first-order valence-corrected chi connectivity index (χ1v) is 9.30. The fourth-order valence-corrected chi connectivity index (χ4v) is 2.56. The lowest BCUT2D eigenvalue weighted by molar-refractivity contribution is -0.111. The molecule has 8 heteroatoms. The maximum atomic E-state index is 12.7.